The van der Waals surface area contributed by atoms with Crippen LogP contribution in [-0.2, 0) is 27.3 Å². The average Bonchev–Trinajstić information content (AvgIpc) is 3.26. The summed E-state index contributed by atoms with van der Waals surface area (Å²) in [5, 5.41) is 6.67. The van der Waals surface area contributed by atoms with E-state index in [1.807, 2.05) is 6.92 Å². The number of aromatic nitrogens is 4. The summed E-state index contributed by atoms with van der Waals surface area (Å²) >= 11 is 0. The smallest absolute Gasteiger partial charge is 0.310 e. The maximum atomic E-state index is 12.0. The van der Waals surface area contributed by atoms with Crippen LogP contribution >= 0.6 is 0 Å². The molecular formula is C16H17N5O4. The minimum absolute atomic E-state index is 0.00588. The molecule has 0 aliphatic carbocycles. The SMILES string of the molecule is Cc1nc2ncnn2c(C)c1CC(=O)OCC(=O)NCc1ccco1. The highest BCUT2D eigenvalue weighted by Crippen LogP contribution is 2.14. The highest BCUT2D eigenvalue weighted by molar-refractivity contribution is 5.81. The predicted molar refractivity (Wildman–Crippen MR) is 85.5 cm³/mol. The van der Waals surface area contributed by atoms with E-state index in [-0.39, 0.29) is 19.6 Å². The molecule has 0 aliphatic rings. The molecule has 3 rings (SSSR count). The van der Waals surface area contributed by atoms with Crippen molar-refractivity contribution in [1.82, 2.24) is 24.9 Å². The molecular weight excluding hydrogens is 326 g/mol. The van der Waals surface area contributed by atoms with Crippen LogP contribution in [0.25, 0.3) is 5.78 Å². The van der Waals surface area contributed by atoms with Crippen LogP contribution in [0.5, 0.6) is 0 Å². The summed E-state index contributed by atoms with van der Waals surface area (Å²) in [6.45, 7) is 3.51. The summed E-state index contributed by atoms with van der Waals surface area (Å²) in [4.78, 5) is 32.1. The standard InChI is InChI=1S/C16H17N5O4/c1-10-13(11(2)21-16(20-10)18-9-19-21)6-15(23)25-8-14(22)17-7-12-4-3-5-24-12/h3-5,9H,6-8H2,1-2H3,(H,17,22). The highest BCUT2D eigenvalue weighted by Gasteiger charge is 2.16. The first-order valence-electron chi connectivity index (χ1n) is 7.65. The fraction of sp³-hybridized carbons (Fsp3) is 0.312. The Hall–Kier alpha value is -3.23. The number of furan rings is 1. The largest absolute Gasteiger partial charge is 0.467 e. The fourth-order valence-corrected chi connectivity index (χ4v) is 2.40. The molecule has 0 atom stereocenters. The van der Waals surface area contributed by atoms with Crippen LogP contribution in [0.15, 0.2) is 29.1 Å². The molecule has 9 nitrogen and oxygen atoms in total. The Balaban J connectivity index is 1.55. The summed E-state index contributed by atoms with van der Waals surface area (Å²) in [6, 6.07) is 3.47. The number of hydrogen-bond donors (Lipinski definition) is 1. The van der Waals surface area contributed by atoms with Crippen molar-refractivity contribution in [1.29, 1.82) is 0 Å². The molecule has 3 aromatic heterocycles. The van der Waals surface area contributed by atoms with E-state index in [2.05, 4.69) is 20.4 Å². The van der Waals surface area contributed by atoms with Crippen molar-refractivity contribution in [2.24, 2.45) is 0 Å². The van der Waals surface area contributed by atoms with Crippen LogP contribution in [0.2, 0.25) is 0 Å². The molecule has 0 spiro atoms. The number of rotatable bonds is 6. The van der Waals surface area contributed by atoms with Crippen molar-refractivity contribution >= 4 is 17.7 Å². The first-order valence-corrected chi connectivity index (χ1v) is 7.65. The first-order chi connectivity index (χ1) is 12.0. The van der Waals surface area contributed by atoms with Gasteiger partial charge in [-0.3, -0.25) is 9.59 Å². The van der Waals surface area contributed by atoms with Gasteiger partial charge >= 0.3 is 5.97 Å². The van der Waals surface area contributed by atoms with Gasteiger partial charge in [-0.15, -0.1) is 0 Å². The molecule has 3 aromatic rings. The molecule has 3 heterocycles. The monoisotopic (exact) mass is 343 g/mol. The Bertz CT molecular complexity index is 901. The second kappa shape index (κ2) is 7.12. The number of nitrogens with zero attached hydrogens (tertiary/aromatic N) is 4. The van der Waals surface area contributed by atoms with Crippen molar-refractivity contribution in [2.45, 2.75) is 26.8 Å². The lowest BCUT2D eigenvalue weighted by Gasteiger charge is -2.10. The molecule has 0 aliphatic heterocycles. The summed E-state index contributed by atoms with van der Waals surface area (Å²) in [6.07, 6.45) is 2.93. The summed E-state index contributed by atoms with van der Waals surface area (Å²) < 4.78 is 11.7. The molecule has 1 amide bonds. The van der Waals surface area contributed by atoms with Gasteiger partial charge in [0.2, 0.25) is 0 Å². The van der Waals surface area contributed by atoms with E-state index in [0.29, 0.717) is 22.8 Å². The summed E-state index contributed by atoms with van der Waals surface area (Å²) in [7, 11) is 0. The quantitative estimate of drug-likeness (QED) is 0.657. The van der Waals surface area contributed by atoms with Gasteiger partial charge in [-0.05, 0) is 26.0 Å². The third kappa shape index (κ3) is 3.82. The lowest BCUT2D eigenvalue weighted by atomic mass is 10.1. The number of fused-ring (bicyclic) bond motifs is 1. The van der Waals surface area contributed by atoms with Gasteiger partial charge in [0.15, 0.2) is 6.61 Å². The summed E-state index contributed by atoms with van der Waals surface area (Å²) in [5.74, 6) is 0.186. The van der Waals surface area contributed by atoms with Crippen LogP contribution < -0.4 is 5.32 Å². The van der Waals surface area contributed by atoms with Crippen LogP contribution in [-0.4, -0.2) is 38.1 Å². The number of hydrogen-bond acceptors (Lipinski definition) is 7. The zero-order valence-corrected chi connectivity index (χ0v) is 13.9. The van der Waals surface area contributed by atoms with Crippen molar-refractivity contribution in [2.75, 3.05) is 6.61 Å². The molecule has 0 fully saturated rings. The summed E-state index contributed by atoms with van der Waals surface area (Å²) in [5.41, 5.74) is 2.15. The molecule has 25 heavy (non-hydrogen) atoms. The lowest BCUT2D eigenvalue weighted by Crippen LogP contribution is -2.28. The van der Waals surface area contributed by atoms with Crippen molar-refractivity contribution in [3.8, 4) is 0 Å². The topological polar surface area (TPSA) is 112 Å². The zero-order chi connectivity index (χ0) is 17.8. The lowest BCUT2D eigenvalue weighted by molar-refractivity contribution is -0.147. The number of esters is 1. The number of aryl methyl sites for hydroxylation is 2. The molecule has 0 bridgehead atoms. The maximum Gasteiger partial charge on any atom is 0.310 e. The van der Waals surface area contributed by atoms with Gasteiger partial charge < -0.3 is 14.5 Å². The van der Waals surface area contributed by atoms with E-state index >= 15 is 0 Å². The molecule has 0 unspecified atom stereocenters. The van der Waals surface area contributed by atoms with Crippen LogP contribution in [0.1, 0.15) is 22.7 Å². The molecule has 9 heteroatoms. The number of carbonyl (C=O) groups is 2. The fourth-order valence-electron chi connectivity index (χ4n) is 2.40. The van der Waals surface area contributed by atoms with Crippen LogP contribution in [0, 0.1) is 13.8 Å². The van der Waals surface area contributed by atoms with E-state index in [1.54, 1.807) is 23.6 Å². The van der Waals surface area contributed by atoms with Crippen molar-refractivity contribution in [3.63, 3.8) is 0 Å². The Morgan fingerprint density at radius 1 is 1.36 bits per heavy atom. The molecule has 1 N–H and O–H groups in total. The number of carbonyl (C=O) groups excluding carboxylic acids is 2. The van der Waals surface area contributed by atoms with Gasteiger partial charge in [-0.1, -0.05) is 0 Å². The Morgan fingerprint density at radius 2 is 2.20 bits per heavy atom. The number of ether oxygens (including phenoxy) is 1. The molecule has 0 radical (unpaired) electrons. The minimum Gasteiger partial charge on any atom is -0.467 e. The van der Waals surface area contributed by atoms with E-state index in [1.165, 1.54) is 12.6 Å². The van der Waals surface area contributed by atoms with E-state index in [4.69, 9.17) is 9.15 Å². The van der Waals surface area contributed by atoms with E-state index in [9.17, 15) is 9.59 Å². The van der Waals surface area contributed by atoms with Crippen molar-refractivity contribution < 1.29 is 18.7 Å². The molecule has 0 saturated carbocycles. The van der Waals surface area contributed by atoms with Crippen LogP contribution in [0.4, 0.5) is 0 Å². The third-order valence-corrected chi connectivity index (χ3v) is 3.71. The van der Waals surface area contributed by atoms with Crippen LogP contribution in [0.3, 0.4) is 0 Å². The number of amides is 1. The third-order valence-electron chi connectivity index (χ3n) is 3.71. The zero-order valence-electron chi connectivity index (χ0n) is 13.9. The molecule has 0 aromatic carbocycles. The van der Waals surface area contributed by atoms with Gasteiger partial charge in [0.05, 0.1) is 19.2 Å². The Kier molecular flexibility index (Phi) is 4.73. The van der Waals surface area contributed by atoms with E-state index in [0.717, 1.165) is 5.69 Å². The Morgan fingerprint density at radius 3 is 2.96 bits per heavy atom. The van der Waals surface area contributed by atoms with Gasteiger partial charge in [-0.2, -0.15) is 10.1 Å². The average molecular weight is 343 g/mol. The minimum atomic E-state index is -0.513. The Labute approximate surface area is 143 Å². The first kappa shape index (κ1) is 16.6. The van der Waals surface area contributed by atoms with Gasteiger partial charge in [0.25, 0.3) is 11.7 Å². The van der Waals surface area contributed by atoms with Gasteiger partial charge in [0, 0.05) is 17.0 Å². The highest BCUT2D eigenvalue weighted by atomic mass is 16.5. The van der Waals surface area contributed by atoms with Crippen molar-refractivity contribution in [3.05, 3.63) is 47.4 Å². The normalized spacial score (nSPS) is 10.8. The molecule has 0 saturated heterocycles. The molecule has 130 valence electrons. The predicted octanol–water partition coefficient (Wildman–Crippen LogP) is 0.736. The van der Waals surface area contributed by atoms with Gasteiger partial charge in [-0.25, -0.2) is 9.50 Å². The second-order valence-corrected chi connectivity index (χ2v) is 5.43. The number of nitrogens with one attached hydrogen (secondary N) is 1. The maximum absolute atomic E-state index is 12.0. The van der Waals surface area contributed by atoms with E-state index < -0.39 is 11.9 Å². The second-order valence-electron chi connectivity index (χ2n) is 5.43. The van der Waals surface area contributed by atoms with Gasteiger partial charge in [0.1, 0.15) is 12.1 Å².